The van der Waals surface area contributed by atoms with Crippen molar-refractivity contribution in [2.75, 3.05) is 5.73 Å². The topological polar surface area (TPSA) is 63.8 Å². The van der Waals surface area contributed by atoms with Crippen molar-refractivity contribution in [1.82, 2.24) is 9.55 Å². The maximum Gasteiger partial charge on any atom is 0.331 e. The zero-order valence-corrected chi connectivity index (χ0v) is 9.35. The Hall–Kier alpha value is -2.56. The Kier molecular flexibility index (Phi) is 2.19. The third kappa shape index (κ3) is 1.57. The molecule has 90 valence electrons. The molecule has 0 fully saturated rings. The summed E-state index contributed by atoms with van der Waals surface area (Å²) in [6, 6.07) is 10.9. The average molecular weight is 243 g/mol. The number of halogens is 1. The molecule has 0 aliphatic rings. The van der Waals surface area contributed by atoms with Crippen LogP contribution in [-0.2, 0) is 0 Å². The van der Waals surface area contributed by atoms with E-state index in [0.29, 0.717) is 22.4 Å². The van der Waals surface area contributed by atoms with Crippen LogP contribution in [0.3, 0.4) is 0 Å². The van der Waals surface area contributed by atoms with Gasteiger partial charge in [0.15, 0.2) is 0 Å². The first-order valence-electron chi connectivity index (χ1n) is 5.41. The van der Waals surface area contributed by atoms with Crippen molar-refractivity contribution >= 4 is 16.7 Å². The Morgan fingerprint density at radius 3 is 2.56 bits per heavy atom. The van der Waals surface area contributed by atoms with Crippen molar-refractivity contribution in [3.63, 3.8) is 0 Å². The fraction of sp³-hybridized carbons (Fsp3) is 0. The number of hydrogen-bond donors (Lipinski definition) is 2. The molecule has 0 saturated carbocycles. The molecule has 0 aliphatic carbocycles. The lowest BCUT2D eigenvalue weighted by molar-refractivity contribution is 0.627. The van der Waals surface area contributed by atoms with Crippen LogP contribution in [0.1, 0.15) is 0 Å². The third-order valence-electron chi connectivity index (χ3n) is 2.79. The van der Waals surface area contributed by atoms with Gasteiger partial charge in [-0.05, 0) is 42.5 Å². The molecule has 0 bridgehead atoms. The van der Waals surface area contributed by atoms with Crippen molar-refractivity contribution in [3.8, 4) is 5.69 Å². The van der Waals surface area contributed by atoms with E-state index in [9.17, 15) is 9.18 Å². The van der Waals surface area contributed by atoms with Gasteiger partial charge in [-0.2, -0.15) is 0 Å². The molecule has 1 aromatic heterocycles. The molecule has 0 aliphatic heterocycles. The van der Waals surface area contributed by atoms with Crippen molar-refractivity contribution in [1.29, 1.82) is 0 Å². The minimum atomic E-state index is -0.342. The molecule has 3 rings (SSSR count). The van der Waals surface area contributed by atoms with Crippen LogP contribution in [0.15, 0.2) is 47.3 Å². The quantitative estimate of drug-likeness (QED) is 0.642. The normalized spacial score (nSPS) is 10.9. The largest absolute Gasteiger partial charge is 0.399 e. The average Bonchev–Trinajstić information content (AvgIpc) is 2.66. The fourth-order valence-electron chi connectivity index (χ4n) is 1.97. The summed E-state index contributed by atoms with van der Waals surface area (Å²) < 4.78 is 14.4. The second-order valence-electron chi connectivity index (χ2n) is 4.02. The first-order valence-corrected chi connectivity index (χ1v) is 5.41. The van der Waals surface area contributed by atoms with E-state index >= 15 is 0 Å². The van der Waals surface area contributed by atoms with E-state index in [-0.39, 0.29) is 11.5 Å². The number of imidazole rings is 1. The van der Waals surface area contributed by atoms with Crippen LogP contribution in [-0.4, -0.2) is 9.55 Å². The summed E-state index contributed by atoms with van der Waals surface area (Å²) in [4.78, 5) is 14.6. The van der Waals surface area contributed by atoms with E-state index < -0.39 is 0 Å². The van der Waals surface area contributed by atoms with Gasteiger partial charge < -0.3 is 10.7 Å². The highest BCUT2D eigenvalue weighted by atomic mass is 19.1. The number of H-pyrrole nitrogens is 1. The summed E-state index contributed by atoms with van der Waals surface area (Å²) in [5, 5.41) is 0. The van der Waals surface area contributed by atoms with Gasteiger partial charge >= 0.3 is 5.69 Å². The number of aromatic nitrogens is 2. The standard InChI is InChI=1S/C13H10FN3O/c14-8-1-4-10(5-2-8)17-12-7-9(15)3-6-11(12)16-13(17)18/h1-7H,15H2,(H,16,18). The molecular formula is C13H10FN3O. The number of rotatable bonds is 1. The lowest BCUT2D eigenvalue weighted by atomic mass is 10.2. The third-order valence-corrected chi connectivity index (χ3v) is 2.79. The molecule has 4 nitrogen and oxygen atoms in total. The number of fused-ring (bicyclic) bond motifs is 1. The van der Waals surface area contributed by atoms with Crippen LogP contribution in [0.25, 0.3) is 16.7 Å². The van der Waals surface area contributed by atoms with Gasteiger partial charge in [0.2, 0.25) is 0 Å². The predicted molar refractivity (Wildman–Crippen MR) is 68.3 cm³/mol. The van der Waals surface area contributed by atoms with Gasteiger partial charge in [-0.3, -0.25) is 4.57 Å². The zero-order chi connectivity index (χ0) is 12.7. The molecule has 1 heterocycles. The molecule has 0 atom stereocenters. The molecule has 18 heavy (non-hydrogen) atoms. The van der Waals surface area contributed by atoms with Gasteiger partial charge in [0.05, 0.1) is 16.7 Å². The first kappa shape index (κ1) is 10.6. The maximum absolute atomic E-state index is 12.9. The Balaban J connectivity index is 2.34. The van der Waals surface area contributed by atoms with Crippen molar-refractivity contribution in [2.24, 2.45) is 0 Å². The number of nitrogen functional groups attached to an aromatic ring is 1. The monoisotopic (exact) mass is 243 g/mol. The second-order valence-corrected chi connectivity index (χ2v) is 4.02. The van der Waals surface area contributed by atoms with E-state index in [1.807, 2.05) is 0 Å². The second kappa shape index (κ2) is 3.73. The Bertz CT molecular complexity index is 771. The van der Waals surface area contributed by atoms with E-state index in [1.54, 1.807) is 30.3 Å². The van der Waals surface area contributed by atoms with Crippen LogP contribution >= 0.6 is 0 Å². The molecule has 0 amide bonds. The Morgan fingerprint density at radius 2 is 1.83 bits per heavy atom. The van der Waals surface area contributed by atoms with E-state index in [2.05, 4.69) is 4.98 Å². The maximum atomic E-state index is 12.9. The van der Waals surface area contributed by atoms with E-state index in [1.165, 1.54) is 16.7 Å². The van der Waals surface area contributed by atoms with Gasteiger partial charge in [-0.1, -0.05) is 0 Å². The van der Waals surface area contributed by atoms with Crippen LogP contribution in [0.2, 0.25) is 0 Å². The Morgan fingerprint density at radius 1 is 1.11 bits per heavy atom. The molecule has 3 aromatic rings. The molecule has 5 heteroatoms. The van der Waals surface area contributed by atoms with Gasteiger partial charge in [-0.25, -0.2) is 9.18 Å². The lowest BCUT2D eigenvalue weighted by Gasteiger charge is -2.03. The number of nitrogens with two attached hydrogens (primary N) is 1. The highest BCUT2D eigenvalue weighted by molar-refractivity contribution is 5.80. The van der Waals surface area contributed by atoms with Gasteiger partial charge in [0.1, 0.15) is 5.82 Å². The fourth-order valence-corrected chi connectivity index (χ4v) is 1.97. The SMILES string of the molecule is Nc1ccc2[nH]c(=O)n(-c3ccc(F)cc3)c2c1. The molecular weight excluding hydrogens is 233 g/mol. The van der Waals surface area contributed by atoms with Gasteiger partial charge in [0.25, 0.3) is 0 Å². The minimum Gasteiger partial charge on any atom is -0.399 e. The summed E-state index contributed by atoms with van der Waals surface area (Å²) in [5.74, 6) is -0.342. The Labute approximate surface area is 101 Å². The summed E-state index contributed by atoms with van der Waals surface area (Å²) >= 11 is 0. The van der Waals surface area contributed by atoms with E-state index in [0.717, 1.165) is 0 Å². The number of benzene rings is 2. The van der Waals surface area contributed by atoms with Crippen LogP contribution in [0, 0.1) is 5.82 Å². The molecule has 0 saturated heterocycles. The van der Waals surface area contributed by atoms with Gasteiger partial charge in [0, 0.05) is 5.69 Å². The summed E-state index contributed by atoms with van der Waals surface area (Å²) in [6.45, 7) is 0. The van der Waals surface area contributed by atoms with Gasteiger partial charge in [-0.15, -0.1) is 0 Å². The van der Waals surface area contributed by atoms with E-state index in [4.69, 9.17) is 5.73 Å². The first-order chi connectivity index (χ1) is 8.65. The molecule has 0 unspecified atom stereocenters. The molecule has 3 N–H and O–H groups in total. The lowest BCUT2D eigenvalue weighted by Crippen LogP contribution is -2.14. The summed E-state index contributed by atoms with van der Waals surface area (Å²) in [6.07, 6.45) is 0. The smallest absolute Gasteiger partial charge is 0.331 e. The van der Waals surface area contributed by atoms with Crippen molar-refractivity contribution in [3.05, 3.63) is 58.8 Å². The molecule has 0 spiro atoms. The number of nitrogens with zero attached hydrogens (tertiary/aromatic N) is 1. The number of aromatic amines is 1. The van der Waals surface area contributed by atoms with Crippen molar-refractivity contribution < 1.29 is 4.39 Å². The molecule has 0 radical (unpaired) electrons. The van der Waals surface area contributed by atoms with Crippen molar-refractivity contribution in [2.45, 2.75) is 0 Å². The van der Waals surface area contributed by atoms with Crippen LogP contribution in [0.5, 0.6) is 0 Å². The molecule has 2 aromatic carbocycles. The summed E-state index contributed by atoms with van der Waals surface area (Å²) in [7, 11) is 0. The van der Waals surface area contributed by atoms with Crippen LogP contribution in [0.4, 0.5) is 10.1 Å². The highest BCUT2D eigenvalue weighted by Crippen LogP contribution is 2.18. The number of nitrogens with one attached hydrogen (secondary N) is 1. The minimum absolute atomic E-state index is 0.276. The predicted octanol–water partition coefficient (Wildman–Crippen LogP) is 2.04. The summed E-state index contributed by atoms with van der Waals surface area (Å²) in [5.41, 5.74) is 7.97. The number of hydrogen-bond acceptors (Lipinski definition) is 2. The van der Waals surface area contributed by atoms with Crippen LogP contribution < -0.4 is 11.4 Å². The zero-order valence-electron chi connectivity index (χ0n) is 9.35. The highest BCUT2D eigenvalue weighted by Gasteiger charge is 2.08. The number of anilines is 1.